The van der Waals surface area contributed by atoms with Crippen molar-refractivity contribution in [2.75, 3.05) is 6.54 Å². The lowest BCUT2D eigenvalue weighted by atomic mass is 9.92. The molecule has 2 aromatic carbocycles. The van der Waals surface area contributed by atoms with Crippen LogP contribution in [0, 0.1) is 11.8 Å². The number of fused-ring (bicyclic) bond motifs is 1. The number of hydrogen-bond acceptors (Lipinski definition) is 4. The molecule has 1 saturated carbocycles. The molecule has 6 nitrogen and oxygen atoms in total. The first kappa shape index (κ1) is 25.4. The van der Waals surface area contributed by atoms with Crippen molar-refractivity contribution in [2.24, 2.45) is 11.8 Å². The van der Waals surface area contributed by atoms with Crippen LogP contribution in [0.15, 0.2) is 54.6 Å². The molecule has 4 atom stereocenters. The number of nitrogens with one attached hydrogen (secondary N) is 2. The van der Waals surface area contributed by atoms with Crippen molar-refractivity contribution in [1.29, 1.82) is 0 Å². The Labute approximate surface area is 208 Å². The maximum absolute atomic E-state index is 13.4. The zero-order chi connectivity index (χ0) is 24.6. The van der Waals surface area contributed by atoms with E-state index >= 15 is 0 Å². The maximum atomic E-state index is 13.4. The van der Waals surface area contributed by atoms with Crippen LogP contribution in [0.25, 0.3) is 0 Å². The molecule has 4 unspecified atom stereocenters. The molecule has 0 spiro atoms. The number of carbonyl (C=O) groups excluding carboxylic acids is 2. The van der Waals surface area contributed by atoms with Gasteiger partial charge < -0.3 is 20.8 Å². The van der Waals surface area contributed by atoms with Crippen molar-refractivity contribution in [2.45, 2.75) is 76.0 Å². The first-order chi connectivity index (χ1) is 17.0. The van der Waals surface area contributed by atoms with Gasteiger partial charge in [0.05, 0.1) is 18.2 Å². The van der Waals surface area contributed by atoms with Crippen molar-refractivity contribution < 1.29 is 19.8 Å². The third-order valence-electron chi connectivity index (χ3n) is 7.49. The second kappa shape index (κ2) is 12.3. The molecule has 6 heteroatoms. The highest BCUT2D eigenvalue weighted by Gasteiger charge is 2.34. The molecule has 2 aliphatic rings. The second-order valence-corrected chi connectivity index (χ2v) is 10.2. The van der Waals surface area contributed by atoms with Gasteiger partial charge in [0.25, 0.3) is 0 Å². The summed E-state index contributed by atoms with van der Waals surface area (Å²) >= 11 is 0. The summed E-state index contributed by atoms with van der Waals surface area (Å²) in [5.74, 6) is -0.636. The molecule has 4 N–H and O–H groups in total. The van der Waals surface area contributed by atoms with Crippen LogP contribution in [-0.2, 0) is 22.4 Å². The van der Waals surface area contributed by atoms with Crippen molar-refractivity contribution in [3.05, 3.63) is 71.3 Å². The fraction of sp³-hybridized carbons (Fsp3) is 0.517. The predicted octanol–water partition coefficient (Wildman–Crippen LogP) is 3.46. The Bertz CT molecular complexity index is 972. The smallest absolute Gasteiger partial charge is 0.224 e. The zero-order valence-electron chi connectivity index (χ0n) is 20.4. The van der Waals surface area contributed by atoms with E-state index in [9.17, 15) is 19.8 Å². The lowest BCUT2D eigenvalue weighted by Gasteiger charge is -2.25. The maximum Gasteiger partial charge on any atom is 0.224 e. The monoisotopic (exact) mass is 478 g/mol. The highest BCUT2D eigenvalue weighted by Crippen LogP contribution is 2.32. The molecule has 0 saturated heterocycles. The molecule has 0 radical (unpaired) electrons. The van der Waals surface area contributed by atoms with E-state index in [0.29, 0.717) is 12.8 Å². The summed E-state index contributed by atoms with van der Waals surface area (Å²) in [4.78, 5) is 26.0. The first-order valence-corrected chi connectivity index (χ1v) is 13.1. The Morgan fingerprint density at radius 2 is 1.63 bits per heavy atom. The summed E-state index contributed by atoms with van der Waals surface area (Å²) in [5.41, 5.74) is 3.00. The quantitative estimate of drug-likeness (QED) is 0.415. The number of benzene rings is 2. The van der Waals surface area contributed by atoms with Crippen LogP contribution in [0.2, 0.25) is 0 Å². The fourth-order valence-electron chi connectivity index (χ4n) is 5.52. The first-order valence-electron chi connectivity index (χ1n) is 13.1. The molecule has 35 heavy (non-hydrogen) atoms. The predicted molar refractivity (Wildman–Crippen MR) is 135 cm³/mol. The standard InChI is InChI=1S/C29H38N2O4/c32-24(19-30-28(34)21-12-6-1-2-7-13-21)17-23(16-20-10-4-3-5-11-20)29(35)31-27-25-15-9-8-14-22(25)18-26(27)33/h3-5,8-11,14-15,21,23-24,26-27,32-33H,1-2,6-7,12-13,16-19H2,(H,30,34)(H,31,35). The van der Waals surface area contributed by atoms with E-state index in [-0.39, 0.29) is 30.7 Å². The second-order valence-electron chi connectivity index (χ2n) is 10.2. The van der Waals surface area contributed by atoms with Crippen LogP contribution in [-0.4, -0.2) is 40.8 Å². The van der Waals surface area contributed by atoms with Crippen LogP contribution >= 0.6 is 0 Å². The summed E-state index contributed by atoms with van der Waals surface area (Å²) in [6, 6.07) is 17.1. The molecule has 1 fully saturated rings. The molecule has 0 aromatic heterocycles. The number of rotatable bonds is 9. The highest BCUT2D eigenvalue weighted by molar-refractivity contribution is 5.80. The van der Waals surface area contributed by atoms with Gasteiger partial charge in [-0.2, -0.15) is 0 Å². The van der Waals surface area contributed by atoms with E-state index in [1.807, 2.05) is 54.6 Å². The topological polar surface area (TPSA) is 98.7 Å². The van der Waals surface area contributed by atoms with Gasteiger partial charge in [0.1, 0.15) is 0 Å². The fourth-order valence-corrected chi connectivity index (χ4v) is 5.52. The van der Waals surface area contributed by atoms with Gasteiger partial charge in [-0.3, -0.25) is 9.59 Å². The van der Waals surface area contributed by atoms with Gasteiger partial charge in [0.2, 0.25) is 11.8 Å². The minimum absolute atomic E-state index is 0.0145. The Balaban J connectivity index is 1.38. The number of aliphatic hydroxyl groups excluding tert-OH is 2. The molecular weight excluding hydrogens is 440 g/mol. The number of hydrogen-bond donors (Lipinski definition) is 4. The Morgan fingerprint density at radius 1 is 0.943 bits per heavy atom. The molecule has 0 bridgehead atoms. The summed E-state index contributed by atoms with van der Waals surface area (Å²) in [6.07, 6.45) is 6.07. The Hall–Kier alpha value is -2.70. The highest BCUT2D eigenvalue weighted by atomic mass is 16.3. The minimum atomic E-state index is -0.829. The Morgan fingerprint density at radius 3 is 2.37 bits per heavy atom. The van der Waals surface area contributed by atoms with E-state index in [0.717, 1.165) is 42.4 Å². The van der Waals surface area contributed by atoms with E-state index < -0.39 is 24.2 Å². The molecule has 188 valence electrons. The largest absolute Gasteiger partial charge is 0.391 e. The third-order valence-corrected chi connectivity index (χ3v) is 7.49. The number of aliphatic hydroxyl groups is 2. The third kappa shape index (κ3) is 6.92. The van der Waals surface area contributed by atoms with Gasteiger partial charge in [-0.25, -0.2) is 0 Å². The van der Waals surface area contributed by atoms with Gasteiger partial charge >= 0.3 is 0 Å². The Kier molecular flexibility index (Phi) is 8.94. The van der Waals surface area contributed by atoms with Gasteiger partial charge in [0.15, 0.2) is 0 Å². The van der Waals surface area contributed by atoms with Crippen molar-refractivity contribution in [1.82, 2.24) is 10.6 Å². The van der Waals surface area contributed by atoms with Crippen molar-refractivity contribution in [3.8, 4) is 0 Å². The van der Waals surface area contributed by atoms with Crippen LogP contribution < -0.4 is 10.6 Å². The molecule has 2 amide bonds. The van der Waals surface area contributed by atoms with E-state index in [1.165, 1.54) is 12.8 Å². The molecular formula is C29H38N2O4. The van der Waals surface area contributed by atoms with Gasteiger partial charge in [0, 0.05) is 24.8 Å². The summed E-state index contributed by atoms with van der Waals surface area (Å²) in [5, 5.41) is 27.3. The van der Waals surface area contributed by atoms with E-state index in [2.05, 4.69) is 10.6 Å². The van der Waals surface area contributed by atoms with Crippen molar-refractivity contribution >= 4 is 11.8 Å². The minimum Gasteiger partial charge on any atom is -0.391 e. The van der Waals surface area contributed by atoms with E-state index in [1.54, 1.807) is 0 Å². The van der Waals surface area contributed by atoms with Gasteiger partial charge in [-0.05, 0) is 42.4 Å². The molecule has 2 aromatic rings. The van der Waals surface area contributed by atoms with Gasteiger partial charge in [-0.1, -0.05) is 80.3 Å². The van der Waals surface area contributed by atoms with Crippen LogP contribution in [0.1, 0.15) is 67.7 Å². The summed E-state index contributed by atoms with van der Waals surface area (Å²) in [7, 11) is 0. The lowest BCUT2D eigenvalue weighted by molar-refractivity contribution is -0.127. The van der Waals surface area contributed by atoms with Gasteiger partial charge in [-0.15, -0.1) is 0 Å². The van der Waals surface area contributed by atoms with Crippen LogP contribution in [0.3, 0.4) is 0 Å². The van der Waals surface area contributed by atoms with E-state index in [4.69, 9.17) is 0 Å². The summed E-state index contributed by atoms with van der Waals surface area (Å²) < 4.78 is 0. The normalized spacial score (nSPS) is 22.0. The molecule has 0 heterocycles. The molecule has 0 aliphatic heterocycles. The average molecular weight is 479 g/mol. The molecule has 2 aliphatic carbocycles. The average Bonchev–Trinajstić information content (AvgIpc) is 3.03. The van der Waals surface area contributed by atoms with Crippen molar-refractivity contribution in [3.63, 3.8) is 0 Å². The summed E-state index contributed by atoms with van der Waals surface area (Å²) in [6.45, 7) is 0.142. The molecule has 4 rings (SSSR count). The lowest BCUT2D eigenvalue weighted by Crippen LogP contribution is -2.42. The van der Waals surface area contributed by atoms with Crippen LogP contribution in [0.4, 0.5) is 0 Å². The van der Waals surface area contributed by atoms with Crippen LogP contribution in [0.5, 0.6) is 0 Å². The SMILES string of the molecule is O=C(NCC(O)CC(Cc1ccccc1)C(=O)NC1c2ccccc2CC1O)C1CCCCCC1. The zero-order valence-corrected chi connectivity index (χ0v) is 20.4. The number of carbonyl (C=O) groups is 2. The number of amides is 2.